The highest BCUT2D eigenvalue weighted by Gasteiger charge is 2.06. The van der Waals surface area contributed by atoms with Crippen LogP contribution in [0.25, 0.3) is 55.2 Å². The lowest BCUT2D eigenvalue weighted by atomic mass is 10.2. The SMILES string of the molecule is Cc1cc(F)c2ncn(C)c2c1.Cc1cc(F)cc2c1ncn2C.Cc1ccc2ncn(C)c2c1.Cc1cccc2c1ncn2C.Cn1cnc2ccccc21. The number of aryl methyl sites for hydroxylation is 9. The van der Waals surface area contributed by atoms with E-state index in [4.69, 9.17) is 0 Å². The number of hydrogen-bond donors (Lipinski definition) is 0. The number of nitrogens with zero attached hydrogens (tertiary/aromatic N) is 10. The van der Waals surface area contributed by atoms with Gasteiger partial charge in [-0.3, -0.25) is 0 Å². The molecule has 0 aliphatic heterocycles. The Hall–Kier alpha value is -6.69. The van der Waals surface area contributed by atoms with Gasteiger partial charge in [-0.1, -0.05) is 30.3 Å². The number of fused-ring (bicyclic) bond motifs is 5. The summed E-state index contributed by atoms with van der Waals surface area (Å²) in [6.45, 7) is 7.90. The molecule has 0 N–H and O–H groups in total. The number of para-hydroxylation sites is 3. The van der Waals surface area contributed by atoms with E-state index in [-0.39, 0.29) is 11.6 Å². The van der Waals surface area contributed by atoms with Gasteiger partial charge in [0.25, 0.3) is 0 Å². The second-order valence-electron chi connectivity index (χ2n) is 13.9. The van der Waals surface area contributed by atoms with Crippen LogP contribution >= 0.6 is 0 Å². The minimum Gasteiger partial charge on any atom is -0.334 e. The molecule has 5 aromatic carbocycles. The predicted octanol–water partition coefficient (Wildman–Crippen LogP) is 9.38. The molecule has 0 unspecified atom stereocenters. The number of benzene rings is 5. The fourth-order valence-electron chi connectivity index (χ4n) is 6.30. The van der Waals surface area contributed by atoms with Crippen molar-refractivity contribution in [3.05, 3.63) is 150 Å². The smallest absolute Gasteiger partial charge is 0.151 e. The molecule has 0 aliphatic rings. The van der Waals surface area contributed by atoms with Crippen molar-refractivity contribution >= 4 is 55.2 Å². The molecule has 0 spiro atoms. The van der Waals surface area contributed by atoms with Gasteiger partial charge >= 0.3 is 0 Å². The lowest BCUT2D eigenvalue weighted by Crippen LogP contribution is -1.86. The van der Waals surface area contributed by atoms with Gasteiger partial charge in [-0.05, 0) is 105 Å². The Bertz CT molecular complexity index is 2820. The van der Waals surface area contributed by atoms with Gasteiger partial charge in [0.05, 0.1) is 81.3 Å². The second kappa shape index (κ2) is 16.8. The van der Waals surface area contributed by atoms with E-state index in [0.29, 0.717) is 5.52 Å². The van der Waals surface area contributed by atoms with Crippen LogP contribution in [0.2, 0.25) is 0 Å². The summed E-state index contributed by atoms with van der Waals surface area (Å²) in [5.74, 6) is -0.450. The molecular weight excluding hydrogens is 707 g/mol. The summed E-state index contributed by atoms with van der Waals surface area (Å²) in [6.07, 6.45) is 8.82. The van der Waals surface area contributed by atoms with E-state index < -0.39 is 0 Å². The van der Waals surface area contributed by atoms with Crippen molar-refractivity contribution < 1.29 is 8.78 Å². The number of aromatic nitrogens is 10. The molecule has 286 valence electrons. The normalized spacial score (nSPS) is 10.8. The first-order chi connectivity index (χ1) is 26.8. The summed E-state index contributed by atoms with van der Waals surface area (Å²) in [6, 6.07) is 27.0. The standard InChI is InChI=1S/2C9H9FN2.2C9H10N2.C8H8N2/c1-6-3-7(10)4-8-9(6)11-5-12(8)2;1-6-3-7(10)9-8(4-6)12(2)5-11-9;1-7-3-4-8-9(5-7)11(2)6-10-8;1-7-4-3-5-8-9(7)10-6-11(8)2;1-10-6-9-7-4-2-3-5-8(7)10/h2*3-5H,1-2H3;2*3-6H,1-2H3;2-6H,1H3. The lowest BCUT2D eigenvalue weighted by molar-refractivity contribution is 0.627. The summed E-state index contributed by atoms with van der Waals surface area (Å²) in [4.78, 5) is 20.8. The number of imidazole rings is 5. The highest BCUT2D eigenvalue weighted by Crippen LogP contribution is 2.19. The minimum atomic E-state index is -0.245. The van der Waals surface area contributed by atoms with E-state index in [0.717, 1.165) is 44.2 Å². The van der Waals surface area contributed by atoms with E-state index in [1.807, 2.05) is 121 Å². The third kappa shape index (κ3) is 8.65. The van der Waals surface area contributed by atoms with Gasteiger partial charge in [0.2, 0.25) is 0 Å². The molecule has 12 heteroatoms. The van der Waals surface area contributed by atoms with Gasteiger partial charge in [-0.25, -0.2) is 33.7 Å². The van der Waals surface area contributed by atoms with Crippen molar-refractivity contribution in [1.29, 1.82) is 0 Å². The van der Waals surface area contributed by atoms with Crippen LogP contribution in [-0.2, 0) is 35.2 Å². The molecule has 0 radical (unpaired) electrons. The first-order valence-electron chi connectivity index (χ1n) is 18.1. The Labute approximate surface area is 324 Å². The third-order valence-corrected chi connectivity index (χ3v) is 9.38. The average Bonchev–Trinajstić information content (AvgIpc) is 4.01. The van der Waals surface area contributed by atoms with Crippen LogP contribution in [-0.4, -0.2) is 47.8 Å². The molecular formula is C44H46F2N10. The number of rotatable bonds is 0. The number of halogens is 2. The summed E-state index contributed by atoms with van der Waals surface area (Å²) in [5.41, 5.74) is 14.1. The quantitative estimate of drug-likeness (QED) is 0.154. The van der Waals surface area contributed by atoms with Crippen molar-refractivity contribution in [2.75, 3.05) is 0 Å². The molecule has 0 amide bonds. The summed E-state index contributed by atoms with van der Waals surface area (Å²) in [5, 5.41) is 0. The lowest BCUT2D eigenvalue weighted by Gasteiger charge is -1.97. The summed E-state index contributed by atoms with van der Waals surface area (Å²) < 4.78 is 35.8. The van der Waals surface area contributed by atoms with Crippen LogP contribution in [0.1, 0.15) is 22.3 Å². The zero-order valence-electron chi connectivity index (χ0n) is 33.2. The van der Waals surface area contributed by atoms with Gasteiger partial charge in [0.15, 0.2) is 5.82 Å². The third-order valence-electron chi connectivity index (χ3n) is 9.38. The monoisotopic (exact) mass is 752 g/mol. The molecule has 0 aliphatic carbocycles. The highest BCUT2D eigenvalue weighted by atomic mass is 19.1. The predicted molar refractivity (Wildman–Crippen MR) is 222 cm³/mol. The molecule has 0 atom stereocenters. The number of hydrogen-bond acceptors (Lipinski definition) is 5. The Kier molecular flexibility index (Phi) is 11.7. The molecule has 10 aromatic rings. The van der Waals surface area contributed by atoms with Crippen molar-refractivity contribution in [2.45, 2.75) is 27.7 Å². The van der Waals surface area contributed by atoms with Gasteiger partial charge in [0, 0.05) is 35.2 Å². The molecule has 0 saturated heterocycles. The second-order valence-corrected chi connectivity index (χ2v) is 13.9. The maximum Gasteiger partial charge on any atom is 0.151 e. The Morgan fingerprint density at radius 3 is 1.55 bits per heavy atom. The van der Waals surface area contributed by atoms with Gasteiger partial charge in [-0.15, -0.1) is 0 Å². The van der Waals surface area contributed by atoms with Crippen molar-refractivity contribution in [2.24, 2.45) is 35.2 Å². The van der Waals surface area contributed by atoms with Crippen molar-refractivity contribution in [3.8, 4) is 0 Å². The Morgan fingerprint density at radius 1 is 0.393 bits per heavy atom. The van der Waals surface area contributed by atoms with E-state index in [1.165, 1.54) is 45.9 Å². The minimum absolute atomic E-state index is 0.205. The maximum absolute atomic E-state index is 13.2. The Balaban J connectivity index is 0.000000119. The Morgan fingerprint density at radius 2 is 0.893 bits per heavy atom. The maximum atomic E-state index is 13.2. The van der Waals surface area contributed by atoms with E-state index >= 15 is 0 Å². The zero-order chi connectivity index (χ0) is 40.1. The molecule has 0 fully saturated rings. The van der Waals surface area contributed by atoms with E-state index in [9.17, 15) is 8.78 Å². The molecule has 5 heterocycles. The van der Waals surface area contributed by atoms with Crippen molar-refractivity contribution in [1.82, 2.24) is 47.8 Å². The van der Waals surface area contributed by atoms with Gasteiger partial charge < -0.3 is 22.8 Å². The van der Waals surface area contributed by atoms with Crippen LogP contribution in [0.4, 0.5) is 8.78 Å². The fourth-order valence-corrected chi connectivity index (χ4v) is 6.30. The van der Waals surface area contributed by atoms with Crippen LogP contribution < -0.4 is 0 Å². The fraction of sp³-hybridized carbons (Fsp3) is 0.205. The van der Waals surface area contributed by atoms with Crippen LogP contribution in [0, 0.1) is 39.3 Å². The first kappa shape index (κ1) is 39.0. The molecule has 10 nitrogen and oxygen atoms in total. The summed E-state index contributed by atoms with van der Waals surface area (Å²) >= 11 is 0. The van der Waals surface area contributed by atoms with Gasteiger partial charge in [-0.2, -0.15) is 0 Å². The topological polar surface area (TPSA) is 89.1 Å². The highest BCUT2D eigenvalue weighted by molar-refractivity contribution is 5.80. The molecule has 10 rings (SSSR count). The van der Waals surface area contributed by atoms with Crippen molar-refractivity contribution in [3.63, 3.8) is 0 Å². The van der Waals surface area contributed by atoms with Crippen LogP contribution in [0.15, 0.2) is 117 Å². The molecule has 5 aromatic heterocycles. The van der Waals surface area contributed by atoms with E-state index in [2.05, 4.69) is 75.2 Å². The van der Waals surface area contributed by atoms with Gasteiger partial charge in [0.1, 0.15) is 11.3 Å². The average molecular weight is 753 g/mol. The molecule has 0 bridgehead atoms. The largest absolute Gasteiger partial charge is 0.334 e. The van der Waals surface area contributed by atoms with Crippen LogP contribution in [0.3, 0.4) is 0 Å². The molecule has 0 saturated carbocycles. The van der Waals surface area contributed by atoms with E-state index in [1.54, 1.807) is 12.7 Å². The summed E-state index contributed by atoms with van der Waals surface area (Å²) in [7, 11) is 9.72. The van der Waals surface area contributed by atoms with Crippen LogP contribution in [0.5, 0.6) is 0 Å². The zero-order valence-corrected chi connectivity index (χ0v) is 33.2. The first-order valence-corrected chi connectivity index (χ1v) is 18.1. The molecule has 56 heavy (non-hydrogen) atoms.